The van der Waals surface area contributed by atoms with E-state index in [0.29, 0.717) is 10.9 Å². The van der Waals surface area contributed by atoms with Crippen LogP contribution in [0, 0.1) is 11.6 Å². The molecule has 0 amide bonds. The summed E-state index contributed by atoms with van der Waals surface area (Å²) in [5, 5.41) is 0. The molecular formula is C16H16BrF2NO. The molecular weight excluding hydrogens is 340 g/mol. The number of hydrogen-bond acceptors (Lipinski definition) is 2. The van der Waals surface area contributed by atoms with Gasteiger partial charge in [0.15, 0.2) is 11.6 Å². The Bertz CT molecular complexity index is 634. The van der Waals surface area contributed by atoms with Crippen LogP contribution in [0.1, 0.15) is 18.9 Å². The largest absolute Gasteiger partial charge is 0.453 e. The van der Waals surface area contributed by atoms with Gasteiger partial charge in [-0.15, -0.1) is 0 Å². The van der Waals surface area contributed by atoms with E-state index in [4.69, 9.17) is 10.5 Å². The summed E-state index contributed by atoms with van der Waals surface area (Å²) in [4.78, 5) is 0. The predicted octanol–water partition coefficient (Wildman–Crippen LogP) is 4.80. The van der Waals surface area contributed by atoms with Crippen LogP contribution in [-0.2, 0) is 6.42 Å². The van der Waals surface area contributed by atoms with Crippen LogP contribution in [-0.4, -0.2) is 6.04 Å². The van der Waals surface area contributed by atoms with Crippen molar-refractivity contribution >= 4 is 15.9 Å². The van der Waals surface area contributed by atoms with Crippen molar-refractivity contribution in [2.75, 3.05) is 0 Å². The van der Waals surface area contributed by atoms with Gasteiger partial charge in [-0.1, -0.05) is 13.0 Å². The van der Waals surface area contributed by atoms with Crippen molar-refractivity contribution in [1.82, 2.24) is 0 Å². The second-order valence-corrected chi connectivity index (χ2v) is 5.67. The molecule has 2 aromatic carbocycles. The fourth-order valence-electron chi connectivity index (χ4n) is 1.88. The molecule has 0 aromatic heterocycles. The Kier molecular flexibility index (Phi) is 5.31. The van der Waals surface area contributed by atoms with Gasteiger partial charge in [0.05, 0.1) is 4.47 Å². The van der Waals surface area contributed by atoms with Crippen LogP contribution in [0.25, 0.3) is 0 Å². The van der Waals surface area contributed by atoms with Crippen molar-refractivity contribution in [2.45, 2.75) is 25.8 Å². The lowest BCUT2D eigenvalue weighted by Gasteiger charge is -2.12. The van der Waals surface area contributed by atoms with Gasteiger partial charge in [-0.2, -0.15) is 0 Å². The number of benzene rings is 2. The van der Waals surface area contributed by atoms with E-state index in [2.05, 4.69) is 15.9 Å². The summed E-state index contributed by atoms with van der Waals surface area (Å²) in [7, 11) is 0. The van der Waals surface area contributed by atoms with E-state index in [-0.39, 0.29) is 17.5 Å². The smallest absolute Gasteiger partial charge is 0.165 e. The van der Waals surface area contributed by atoms with Gasteiger partial charge in [0.1, 0.15) is 11.6 Å². The number of ether oxygens (including phenoxy) is 1. The minimum atomic E-state index is -0.494. The zero-order chi connectivity index (χ0) is 15.4. The first-order chi connectivity index (χ1) is 9.99. The van der Waals surface area contributed by atoms with Crippen LogP contribution >= 0.6 is 15.9 Å². The minimum absolute atomic E-state index is 0.00790. The lowest BCUT2D eigenvalue weighted by atomic mass is 10.0. The first-order valence-electron chi connectivity index (χ1n) is 6.66. The summed E-state index contributed by atoms with van der Waals surface area (Å²) in [6, 6.07) is 8.71. The molecule has 0 spiro atoms. The molecule has 2 aromatic rings. The van der Waals surface area contributed by atoms with E-state index >= 15 is 0 Å². The Hall–Kier alpha value is -1.46. The maximum Gasteiger partial charge on any atom is 0.165 e. The monoisotopic (exact) mass is 355 g/mol. The zero-order valence-corrected chi connectivity index (χ0v) is 13.2. The van der Waals surface area contributed by atoms with Gasteiger partial charge in [0.2, 0.25) is 0 Å². The average Bonchev–Trinajstić information content (AvgIpc) is 2.45. The fraction of sp³-hybridized carbons (Fsp3) is 0.250. The summed E-state index contributed by atoms with van der Waals surface area (Å²) < 4.78 is 33.2. The summed E-state index contributed by atoms with van der Waals surface area (Å²) in [6.07, 6.45) is 1.44. The molecule has 5 heteroatoms. The topological polar surface area (TPSA) is 35.2 Å². The third-order valence-corrected chi connectivity index (χ3v) is 3.79. The van der Waals surface area contributed by atoms with Crippen molar-refractivity contribution < 1.29 is 13.5 Å². The van der Waals surface area contributed by atoms with Gasteiger partial charge in [-0.3, -0.25) is 0 Å². The minimum Gasteiger partial charge on any atom is -0.453 e. The molecule has 21 heavy (non-hydrogen) atoms. The van der Waals surface area contributed by atoms with Crippen molar-refractivity contribution in [3.63, 3.8) is 0 Å². The molecule has 0 bridgehead atoms. The quantitative estimate of drug-likeness (QED) is 0.835. The second-order valence-electron chi connectivity index (χ2n) is 4.81. The highest BCUT2D eigenvalue weighted by Crippen LogP contribution is 2.32. The van der Waals surface area contributed by atoms with Crippen molar-refractivity contribution in [2.24, 2.45) is 5.73 Å². The van der Waals surface area contributed by atoms with Crippen molar-refractivity contribution in [3.05, 3.63) is 58.1 Å². The van der Waals surface area contributed by atoms with E-state index in [1.165, 1.54) is 30.3 Å². The second kappa shape index (κ2) is 7.00. The molecule has 2 nitrogen and oxygen atoms in total. The van der Waals surface area contributed by atoms with Crippen LogP contribution in [0.15, 0.2) is 40.9 Å². The Balaban J connectivity index is 2.19. The van der Waals surface area contributed by atoms with Crippen LogP contribution in [0.3, 0.4) is 0 Å². The number of nitrogens with two attached hydrogens (primary N) is 1. The molecule has 1 unspecified atom stereocenters. The van der Waals surface area contributed by atoms with Gasteiger partial charge in [0.25, 0.3) is 0 Å². The third-order valence-electron chi connectivity index (χ3n) is 3.13. The molecule has 2 N–H and O–H groups in total. The molecule has 0 fully saturated rings. The lowest BCUT2D eigenvalue weighted by Crippen LogP contribution is -2.21. The average molecular weight is 356 g/mol. The highest BCUT2D eigenvalue weighted by molar-refractivity contribution is 9.10. The van der Waals surface area contributed by atoms with E-state index in [1.54, 1.807) is 6.07 Å². The molecule has 0 aliphatic heterocycles. The standard InChI is InChI=1S/C16H16BrF2NO/c1-2-12(20)7-10-3-6-15(14(19)8-10)21-16-9-11(18)4-5-13(16)17/h3-6,8-9,12H,2,7,20H2,1H3. The van der Waals surface area contributed by atoms with E-state index < -0.39 is 11.6 Å². The molecule has 1 atom stereocenters. The molecule has 0 saturated heterocycles. The maximum absolute atomic E-state index is 14.0. The number of halogens is 3. The van der Waals surface area contributed by atoms with Gasteiger partial charge in [-0.25, -0.2) is 8.78 Å². The van der Waals surface area contributed by atoms with Gasteiger partial charge in [0, 0.05) is 12.1 Å². The Morgan fingerprint density at radius 2 is 1.90 bits per heavy atom. The Labute approximate surface area is 131 Å². The summed E-state index contributed by atoms with van der Waals surface area (Å²) in [5.74, 6) is -0.659. The lowest BCUT2D eigenvalue weighted by molar-refractivity contribution is 0.435. The fourth-order valence-corrected chi connectivity index (χ4v) is 2.20. The molecule has 0 saturated carbocycles. The highest BCUT2D eigenvalue weighted by Gasteiger charge is 2.10. The summed E-state index contributed by atoms with van der Waals surface area (Å²) in [6.45, 7) is 1.99. The van der Waals surface area contributed by atoms with E-state index in [1.807, 2.05) is 6.92 Å². The molecule has 0 aliphatic carbocycles. The van der Waals surface area contributed by atoms with E-state index in [0.717, 1.165) is 12.0 Å². The van der Waals surface area contributed by atoms with Crippen LogP contribution in [0.4, 0.5) is 8.78 Å². The maximum atomic E-state index is 14.0. The van der Waals surface area contributed by atoms with Crippen molar-refractivity contribution in [3.8, 4) is 11.5 Å². The SMILES string of the molecule is CCC(N)Cc1ccc(Oc2cc(F)ccc2Br)c(F)c1. The number of rotatable bonds is 5. The predicted molar refractivity (Wildman–Crippen MR) is 82.5 cm³/mol. The summed E-state index contributed by atoms with van der Waals surface area (Å²) >= 11 is 3.24. The molecule has 112 valence electrons. The highest BCUT2D eigenvalue weighted by atomic mass is 79.9. The summed E-state index contributed by atoms with van der Waals surface area (Å²) in [5.41, 5.74) is 6.66. The van der Waals surface area contributed by atoms with Gasteiger partial charge >= 0.3 is 0 Å². The molecule has 0 heterocycles. The third kappa shape index (κ3) is 4.25. The van der Waals surface area contributed by atoms with Gasteiger partial charge < -0.3 is 10.5 Å². The Morgan fingerprint density at radius 3 is 2.57 bits per heavy atom. The van der Waals surface area contributed by atoms with Crippen molar-refractivity contribution in [1.29, 1.82) is 0 Å². The molecule has 0 aliphatic rings. The zero-order valence-electron chi connectivity index (χ0n) is 11.6. The van der Waals surface area contributed by atoms with Crippen LogP contribution < -0.4 is 10.5 Å². The van der Waals surface area contributed by atoms with Crippen LogP contribution in [0.2, 0.25) is 0 Å². The normalized spacial score (nSPS) is 12.2. The Morgan fingerprint density at radius 1 is 1.14 bits per heavy atom. The first kappa shape index (κ1) is 15.9. The van der Waals surface area contributed by atoms with Crippen LogP contribution in [0.5, 0.6) is 11.5 Å². The van der Waals surface area contributed by atoms with Gasteiger partial charge in [-0.05, 0) is 58.6 Å². The van der Waals surface area contributed by atoms with E-state index in [9.17, 15) is 8.78 Å². The first-order valence-corrected chi connectivity index (χ1v) is 7.45. The molecule has 2 rings (SSSR count). The molecule has 0 radical (unpaired) electrons. The number of hydrogen-bond donors (Lipinski definition) is 1.